The van der Waals surface area contributed by atoms with E-state index < -0.39 is 6.10 Å². The first-order chi connectivity index (χ1) is 6.81. The molecular weight excluding hydrogens is 180 g/mol. The number of rotatable bonds is 2. The average molecular weight is 194 g/mol. The van der Waals surface area contributed by atoms with E-state index in [9.17, 15) is 5.11 Å². The highest BCUT2D eigenvalue weighted by Gasteiger charge is 2.15. The van der Waals surface area contributed by atoms with Crippen molar-refractivity contribution in [1.29, 1.82) is 0 Å². The van der Waals surface area contributed by atoms with Gasteiger partial charge in [0.05, 0.1) is 6.10 Å². The second-order valence-electron chi connectivity index (χ2n) is 3.29. The van der Waals surface area contributed by atoms with Crippen molar-refractivity contribution in [1.82, 2.24) is 20.1 Å². The Morgan fingerprint density at radius 1 is 1.71 bits per heavy atom. The molecule has 0 amide bonds. The number of hydrogen-bond donors (Lipinski definition) is 2. The van der Waals surface area contributed by atoms with Gasteiger partial charge in [0.2, 0.25) is 0 Å². The molecule has 1 aliphatic rings. The zero-order valence-corrected chi connectivity index (χ0v) is 8.14. The molecule has 0 radical (unpaired) electrons. The van der Waals surface area contributed by atoms with Crippen LogP contribution in [0.5, 0.6) is 0 Å². The van der Waals surface area contributed by atoms with Crippen LogP contribution in [0.4, 0.5) is 0 Å². The van der Waals surface area contributed by atoms with Crippen molar-refractivity contribution in [2.24, 2.45) is 0 Å². The van der Waals surface area contributed by atoms with E-state index in [1.54, 1.807) is 6.33 Å². The van der Waals surface area contributed by atoms with Gasteiger partial charge >= 0.3 is 0 Å². The molecule has 2 N–H and O–H groups in total. The normalized spacial score (nSPS) is 22.1. The molecule has 0 aliphatic carbocycles. The molecule has 14 heavy (non-hydrogen) atoms. The predicted molar refractivity (Wildman–Crippen MR) is 52.5 cm³/mol. The van der Waals surface area contributed by atoms with E-state index in [1.165, 1.54) is 0 Å². The summed E-state index contributed by atoms with van der Waals surface area (Å²) in [6, 6.07) is 0. The van der Waals surface area contributed by atoms with Crippen molar-refractivity contribution < 1.29 is 5.11 Å². The van der Waals surface area contributed by atoms with Gasteiger partial charge in [-0.15, -0.1) is 0 Å². The standard InChI is InChI=1S/C9H14N4O/c1-2-13-9(11-6-12-13)7-3-8(14)5-10-4-7/h3,6,8,10,14H,2,4-5H2,1H3. The third kappa shape index (κ3) is 1.69. The van der Waals surface area contributed by atoms with Gasteiger partial charge in [-0.3, -0.25) is 0 Å². The van der Waals surface area contributed by atoms with Crippen LogP contribution >= 0.6 is 0 Å². The fraction of sp³-hybridized carbons (Fsp3) is 0.556. The molecule has 0 fully saturated rings. The number of β-amino-alcohol motifs (C(OH)–C–C–N with tert-alkyl or cyclic N) is 1. The minimum absolute atomic E-state index is 0.416. The van der Waals surface area contributed by atoms with E-state index in [2.05, 4.69) is 15.4 Å². The van der Waals surface area contributed by atoms with E-state index in [-0.39, 0.29) is 0 Å². The maximum atomic E-state index is 9.45. The molecule has 2 rings (SSSR count). The Kier molecular flexibility index (Phi) is 2.60. The molecule has 1 aromatic heterocycles. The van der Waals surface area contributed by atoms with Gasteiger partial charge in [0.15, 0.2) is 5.82 Å². The summed E-state index contributed by atoms with van der Waals surface area (Å²) < 4.78 is 1.82. The second kappa shape index (κ2) is 3.89. The van der Waals surface area contributed by atoms with Crippen LogP contribution in [0.15, 0.2) is 12.4 Å². The highest BCUT2D eigenvalue weighted by molar-refractivity contribution is 5.62. The Labute approximate surface area is 82.5 Å². The summed E-state index contributed by atoms with van der Waals surface area (Å²) in [5, 5.41) is 16.7. The zero-order chi connectivity index (χ0) is 9.97. The minimum Gasteiger partial charge on any atom is -0.388 e. The summed E-state index contributed by atoms with van der Waals surface area (Å²) in [4.78, 5) is 4.18. The predicted octanol–water partition coefficient (Wildman–Crippen LogP) is -0.355. The minimum atomic E-state index is -0.416. The van der Waals surface area contributed by atoms with Crippen LogP contribution < -0.4 is 5.32 Å². The van der Waals surface area contributed by atoms with Crippen molar-refractivity contribution in [3.05, 3.63) is 18.2 Å². The number of nitrogens with one attached hydrogen (secondary N) is 1. The van der Waals surface area contributed by atoms with Crippen molar-refractivity contribution in [2.75, 3.05) is 13.1 Å². The van der Waals surface area contributed by atoms with Crippen molar-refractivity contribution in [2.45, 2.75) is 19.6 Å². The molecule has 5 heteroatoms. The molecule has 0 saturated heterocycles. The van der Waals surface area contributed by atoms with Gasteiger partial charge in [-0.25, -0.2) is 9.67 Å². The van der Waals surface area contributed by atoms with E-state index in [0.717, 1.165) is 24.5 Å². The van der Waals surface area contributed by atoms with Gasteiger partial charge < -0.3 is 10.4 Å². The molecule has 5 nitrogen and oxygen atoms in total. The van der Waals surface area contributed by atoms with E-state index >= 15 is 0 Å². The van der Waals surface area contributed by atoms with Crippen molar-refractivity contribution in [3.8, 4) is 0 Å². The molecular formula is C9H14N4O. The number of aliphatic hydroxyl groups excluding tert-OH is 1. The highest BCUT2D eigenvalue weighted by atomic mass is 16.3. The molecule has 0 spiro atoms. The fourth-order valence-corrected chi connectivity index (χ4v) is 1.60. The Morgan fingerprint density at radius 2 is 2.57 bits per heavy atom. The molecule has 1 unspecified atom stereocenters. The zero-order valence-electron chi connectivity index (χ0n) is 8.14. The summed E-state index contributed by atoms with van der Waals surface area (Å²) in [6.45, 7) is 4.17. The Hall–Kier alpha value is -1.20. The SMILES string of the molecule is CCn1ncnc1C1=CC(O)CNC1. The number of aryl methyl sites for hydroxylation is 1. The summed E-state index contributed by atoms with van der Waals surface area (Å²) in [5.74, 6) is 0.846. The molecule has 0 bridgehead atoms. The van der Waals surface area contributed by atoms with Crippen LogP contribution in [-0.2, 0) is 6.54 Å². The largest absolute Gasteiger partial charge is 0.388 e. The highest BCUT2D eigenvalue weighted by Crippen LogP contribution is 2.13. The fourth-order valence-electron chi connectivity index (χ4n) is 1.60. The first kappa shape index (κ1) is 9.36. The van der Waals surface area contributed by atoms with Gasteiger partial charge in [0.25, 0.3) is 0 Å². The van der Waals surface area contributed by atoms with E-state index in [0.29, 0.717) is 6.54 Å². The molecule has 76 valence electrons. The van der Waals surface area contributed by atoms with Crippen LogP contribution in [0.1, 0.15) is 12.7 Å². The number of hydrogen-bond acceptors (Lipinski definition) is 4. The third-order valence-electron chi connectivity index (χ3n) is 2.26. The first-order valence-electron chi connectivity index (χ1n) is 4.79. The van der Waals surface area contributed by atoms with E-state index in [4.69, 9.17) is 0 Å². The second-order valence-corrected chi connectivity index (χ2v) is 3.29. The Bertz CT molecular complexity index is 344. The maximum Gasteiger partial charge on any atom is 0.155 e. The summed E-state index contributed by atoms with van der Waals surface area (Å²) in [7, 11) is 0. The molecule has 1 aromatic rings. The van der Waals surface area contributed by atoms with Gasteiger partial charge in [0, 0.05) is 25.2 Å². The summed E-state index contributed by atoms with van der Waals surface area (Å²) >= 11 is 0. The Morgan fingerprint density at radius 3 is 3.29 bits per heavy atom. The topological polar surface area (TPSA) is 63.0 Å². The molecule has 1 atom stereocenters. The number of aliphatic hydroxyl groups is 1. The van der Waals surface area contributed by atoms with Crippen LogP contribution in [0.3, 0.4) is 0 Å². The number of nitrogens with zero attached hydrogens (tertiary/aromatic N) is 3. The van der Waals surface area contributed by atoms with Crippen molar-refractivity contribution in [3.63, 3.8) is 0 Å². The van der Waals surface area contributed by atoms with Crippen LogP contribution in [-0.4, -0.2) is 39.1 Å². The maximum absolute atomic E-state index is 9.45. The lowest BCUT2D eigenvalue weighted by Crippen LogP contribution is -2.32. The van der Waals surface area contributed by atoms with Gasteiger partial charge in [-0.2, -0.15) is 5.10 Å². The molecule has 2 heterocycles. The Balaban J connectivity index is 2.29. The molecule has 1 aliphatic heterocycles. The monoisotopic (exact) mass is 194 g/mol. The third-order valence-corrected chi connectivity index (χ3v) is 2.26. The molecule has 0 aromatic carbocycles. The van der Waals surface area contributed by atoms with Crippen LogP contribution in [0.2, 0.25) is 0 Å². The first-order valence-corrected chi connectivity index (χ1v) is 4.79. The van der Waals surface area contributed by atoms with Gasteiger partial charge in [0.1, 0.15) is 6.33 Å². The summed E-state index contributed by atoms with van der Waals surface area (Å²) in [6.07, 6.45) is 2.97. The quantitative estimate of drug-likeness (QED) is 0.675. The summed E-state index contributed by atoms with van der Waals surface area (Å²) in [5.41, 5.74) is 1.02. The van der Waals surface area contributed by atoms with Gasteiger partial charge in [-0.05, 0) is 13.0 Å². The average Bonchev–Trinajstić information content (AvgIpc) is 2.65. The lowest BCUT2D eigenvalue weighted by atomic mass is 10.1. The van der Waals surface area contributed by atoms with Crippen LogP contribution in [0.25, 0.3) is 5.57 Å². The lowest BCUT2D eigenvalue weighted by Gasteiger charge is -2.17. The van der Waals surface area contributed by atoms with E-state index in [1.807, 2.05) is 17.7 Å². The number of aromatic nitrogens is 3. The van der Waals surface area contributed by atoms with Gasteiger partial charge in [-0.1, -0.05) is 0 Å². The van der Waals surface area contributed by atoms with Crippen LogP contribution in [0, 0.1) is 0 Å². The lowest BCUT2D eigenvalue weighted by molar-refractivity contribution is 0.216. The molecule has 0 saturated carbocycles. The smallest absolute Gasteiger partial charge is 0.155 e. The van der Waals surface area contributed by atoms with Crippen molar-refractivity contribution >= 4 is 5.57 Å².